The van der Waals surface area contributed by atoms with Gasteiger partial charge in [0.15, 0.2) is 0 Å². The molecule has 6 nitrogen and oxygen atoms in total. The molecule has 24 heavy (non-hydrogen) atoms. The molecule has 0 spiro atoms. The molecule has 6 heteroatoms. The van der Waals surface area contributed by atoms with E-state index in [0.717, 1.165) is 5.69 Å². The van der Waals surface area contributed by atoms with Crippen LogP contribution in [0.2, 0.25) is 0 Å². The summed E-state index contributed by atoms with van der Waals surface area (Å²) in [6, 6.07) is 15.4. The number of phenolic OH excluding ortho intramolecular Hbond substituents is 1. The van der Waals surface area contributed by atoms with Gasteiger partial charge in [0, 0.05) is 37.4 Å². The van der Waals surface area contributed by atoms with Crippen molar-refractivity contribution in [2.45, 2.75) is 0 Å². The minimum atomic E-state index is -0.161. The van der Waals surface area contributed by atoms with E-state index in [0.29, 0.717) is 31.7 Å². The summed E-state index contributed by atoms with van der Waals surface area (Å²) < 4.78 is 0. The van der Waals surface area contributed by atoms with Crippen LogP contribution in [-0.4, -0.2) is 53.0 Å². The Labute approximate surface area is 140 Å². The van der Waals surface area contributed by atoms with Gasteiger partial charge in [-0.2, -0.15) is 0 Å². The number of para-hydroxylation sites is 1. The van der Waals surface area contributed by atoms with E-state index in [9.17, 15) is 14.7 Å². The minimum absolute atomic E-state index is 0.0710. The zero-order chi connectivity index (χ0) is 16.9. The van der Waals surface area contributed by atoms with Crippen LogP contribution >= 0.6 is 0 Å². The van der Waals surface area contributed by atoms with Crippen LogP contribution in [0.15, 0.2) is 54.6 Å². The number of urea groups is 1. The fraction of sp³-hybridized carbons (Fsp3) is 0.222. The molecule has 0 bridgehead atoms. The highest BCUT2D eigenvalue weighted by Crippen LogP contribution is 2.15. The zero-order valence-corrected chi connectivity index (χ0v) is 13.2. The second-order valence-corrected chi connectivity index (χ2v) is 5.63. The standard InChI is InChI=1S/C18H19N3O3/c22-16-8-4-5-14(13-16)17(23)20-9-11-21(12-10-20)18(24)19-15-6-2-1-3-7-15/h1-8,13,22H,9-12H2,(H,19,24). The Kier molecular flexibility index (Phi) is 4.65. The number of nitrogens with zero attached hydrogens (tertiary/aromatic N) is 2. The van der Waals surface area contributed by atoms with Crippen molar-refractivity contribution in [3.05, 3.63) is 60.2 Å². The van der Waals surface area contributed by atoms with Crippen molar-refractivity contribution in [2.24, 2.45) is 0 Å². The first-order valence-electron chi connectivity index (χ1n) is 7.83. The third-order valence-electron chi connectivity index (χ3n) is 3.97. The third kappa shape index (κ3) is 3.65. The smallest absolute Gasteiger partial charge is 0.321 e. The van der Waals surface area contributed by atoms with Crippen LogP contribution in [0.4, 0.5) is 10.5 Å². The molecule has 0 radical (unpaired) electrons. The van der Waals surface area contributed by atoms with Crippen molar-refractivity contribution >= 4 is 17.6 Å². The molecule has 2 aromatic carbocycles. The van der Waals surface area contributed by atoms with E-state index in [2.05, 4.69) is 5.32 Å². The predicted octanol–water partition coefficient (Wildman–Crippen LogP) is 2.38. The fourth-order valence-electron chi connectivity index (χ4n) is 2.66. The van der Waals surface area contributed by atoms with Gasteiger partial charge >= 0.3 is 6.03 Å². The Morgan fingerprint density at radius 2 is 1.54 bits per heavy atom. The van der Waals surface area contributed by atoms with E-state index in [-0.39, 0.29) is 17.7 Å². The number of aromatic hydroxyl groups is 1. The Hall–Kier alpha value is -3.02. The van der Waals surface area contributed by atoms with Gasteiger partial charge in [0.1, 0.15) is 5.75 Å². The Morgan fingerprint density at radius 1 is 0.875 bits per heavy atom. The monoisotopic (exact) mass is 325 g/mol. The highest BCUT2D eigenvalue weighted by molar-refractivity contribution is 5.95. The van der Waals surface area contributed by atoms with Crippen molar-refractivity contribution in [3.63, 3.8) is 0 Å². The number of carbonyl (C=O) groups excluding carboxylic acids is 2. The SMILES string of the molecule is O=C(Nc1ccccc1)N1CCN(C(=O)c2cccc(O)c2)CC1. The molecular formula is C18H19N3O3. The lowest BCUT2D eigenvalue weighted by Crippen LogP contribution is -2.51. The van der Waals surface area contributed by atoms with Gasteiger partial charge in [-0.25, -0.2) is 4.79 Å². The lowest BCUT2D eigenvalue weighted by Gasteiger charge is -2.34. The predicted molar refractivity (Wildman–Crippen MR) is 91.0 cm³/mol. The van der Waals surface area contributed by atoms with Crippen molar-refractivity contribution in [2.75, 3.05) is 31.5 Å². The molecule has 3 amide bonds. The first-order valence-corrected chi connectivity index (χ1v) is 7.83. The largest absolute Gasteiger partial charge is 0.508 e. The zero-order valence-electron chi connectivity index (χ0n) is 13.2. The summed E-state index contributed by atoms with van der Waals surface area (Å²) >= 11 is 0. The number of piperazine rings is 1. The average Bonchev–Trinajstić information content (AvgIpc) is 2.62. The molecule has 1 saturated heterocycles. The summed E-state index contributed by atoms with van der Waals surface area (Å²) in [5, 5.41) is 12.3. The number of hydrogen-bond acceptors (Lipinski definition) is 3. The van der Waals surface area contributed by atoms with Crippen molar-refractivity contribution in [1.82, 2.24) is 9.80 Å². The van der Waals surface area contributed by atoms with Gasteiger partial charge in [-0.1, -0.05) is 24.3 Å². The van der Waals surface area contributed by atoms with Crippen molar-refractivity contribution in [3.8, 4) is 5.75 Å². The number of amides is 3. The lowest BCUT2D eigenvalue weighted by atomic mass is 10.1. The number of hydrogen-bond donors (Lipinski definition) is 2. The van der Waals surface area contributed by atoms with Crippen LogP contribution in [-0.2, 0) is 0 Å². The van der Waals surface area contributed by atoms with Crippen LogP contribution < -0.4 is 5.32 Å². The Balaban J connectivity index is 1.55. The van der Waals surface area contributed by atoms with E-state index in [4.69, 9.17) is 0 Å². The second kappa shape index (κ2) is 7.04. The molecule has 0 saturated carbocycles. The number of carbonyl (C=O) groups is 2. The van der Waals surface area contributed by atoms with Crippen LogP contribution in [0, 0.1) is 0 Å². The van der Waals surface area contributed by atoms with Crippen LogP contribution in [0.5, 0.6) is 5.75 Å². The van der Waals surface area contributed by atoms with E-state index >= 15 is 0 Å². The summed E-state index contributed by atoms with van der Waals surface area (Å²) in [7, 11) is 0. The maximum absolute atomic E-state index is 12.4. The lowest BCUT2D eigenvalue weighted by molar-refractivity contribution is 0.0671. The number of rotatable bonds is 2. The van der Waals surface area contributed by atoms with E-state index in [1.165, 1.54) is 12.1 Å². The first-order chi connectivity index (χ1) is 11.6. The van der Waals surface area contributed by atoms with Crippen LogP contribution in [0.25, 0.3) is 0 Å². The molecule has 3 rings (SSSR count). The number of anilines is 1. The van der Waals surface area contributed by atoms with Gasteiger partial charge in [-0.15, -0.1) is 0 Å². The van der Waals surface area contributed by atoms with Crippen LogP contribution in [0.3, 0.4) is 0 Å². The van der Waals surface area contributed by atoms with Crippen molar-refractivity contribution < 1.29 is 14.7 Å². The summed E-state index contributed by atoms with van der Waals surface area (Å²) in [5.41, 5.74) is 1.21. The Morgan fingerprint density at radius 3 is 2.21 bits per heavy atom. The van der Waals surface area contributed by atoms with E-state index < -0.39 is 0 Å². The molecule has 1 heterocycles. The van der Waals surface area contributed by atoms with Gasteiger partial charge in [0.2, 0.25) is 0 Å². The summed E-state index contributed by atoms with van der Waals surface area (Å²) in [6.45, 7) is 1.89. The molecule has 0 aromatic heterocycles. The van der Waals surface area contributed by atoms with E-state index in [1.807, 2.05) is 30.3 Å². The van der Waals surface area contributed by atoms with Gasteiger partial charge < -0.3 is 20.2 Å². The Bertz CT molecular complexity index is 725. The molecule has 0 aliphatic carbocycles. The van der Waals surface area contributed by atoms with E-state index in [1.54, 1.807) is 21.9 Å². The van der Waals surface area contributed by atoms with Gasteiger partial charge in [0.05, 0.1) is 0 Å². The molecule has 1 aliphatic heterocycles. The summed E-state index contributed by atoms with van der Waals surface area (Å²) in [4.78, 5) is 28.0. The normalized spacial score (nSPS) is 14.3. The van der Waals surface area contributed by atoms with Crippen LogP contribution in [0.1, 0.15) is 10.4 Å². The molecule has 1 aliphatic rings. The molecule has 2 aromatic rings. The third-order valence-corrected chi connectivity index (χ3v) is 3.97. The maximum Gasteiger partial charge on any atom is 0.321 e. The highest BCUT2D eigenvalue weighted by atomic mass is 16.3. The van der Waals surface area contributed by atoms with Crippen molar-refractivity contribution in [1.29, 1.82) is 0 Å². The highest BCUT2D eigenvalue weighted by Gasteiger charge is 2.25. The molecule has 124 valence electrons. The molecule has 0 atom stereocenters. The quantitative estimate of drug-likeness (QED) is 0.890. The second-order valence-electron chi connectivity index (χ2n) is 5.63. The maximum atomic E-state index is 12.4. The molecule has 1 fully saturated rings. The number of benzene rings is 2. The molecule has 2 N–H and O–H groups in total. The minimum Gasteiger partial charge on any atom is -0.508 e. The van der Waals surface area contributed by atoms with Gasteiger partial charge in [0.25, 0.3) is 5.91 Å². The molecule has 0 unspecified atom stereocenters. The number of nitrogens with one attached hydrogen (secondary N) is 1. The van der Waals surface area contributed by atoms with Gasteiger partial charge in [-0.05, 0) is 30.3 Å². The van der Waals surface area contributed by atoms with Gasteiger partial charge in [-0.3, -0.25) is 4.79 Å². The molecular weight excluding hydrogens is 306 g/mol. The summed E-state index contributed by atoms with van der Waals surface area (Å²) in [5.74, 6) is -0.0595. The fourth-order valence-corrected chi connectivity index (χ4v) is 2.66. The topological polar surface area (TPSA) is 72.9 Å². The number of phenols is 1. The first kappa shape index (κ1) is 15.9. The summed E-state index contributed by atoms with van der Waals surface area (Å²) in [6.07, 6.45) is 0. The average molecular weight is 325 g/mol.